The minimum Gasteiger partial charge on any atom is -0.491 e. The van der Waals surface area contributed by atoms with Crippen LogP contribution in [0.5, 0.6) is 5.75 Å². The topological polar surface area (TPSA) is 50.8 Å². The minimum absolute atomic E-state index is 0.450. The van der Waals surface area contributed by atoms with E-state index >= 15 is 0 Å². The molecule has 0 aliphatic rings. The fraction of sp³-hybridized carbons (Fsp3) is 0.182. The van der Waals surface area contributed by atoms with Crippen molar-refractivity contribution in [3.8, 4) is 17.0 Å². The van der Waals surface area contributed by atoms with E-state index < -0.39 is 0 Å². The summed E-state index contributed by atoms with van der Waals surface area (Å²) in [4.78, 5) is 11.2. The van der Waals surface area contributed by atoms with Gasteiger partial charge in [0.25, 0.3) is 0 Å². The third-order valence-electron chi connectivity index (χ3n) is 2.20. The second kappa shape index (κ2) is 4.40. The van der Waals surface area contributed by atoms with E-state index in [1.165, 1.54) is 0 Å². The molecule has 0 bridgehead atoms. The molecule has 82 valence electrons. The lowest BCUT2D eigenvalue weighted by Crippen LogP contribution is -1.94. The maximum atomic E-state index is 5.25. The fourth-order valence-electron chi connectivity index (χ4n) is 1.49. The van der Waals surface area contributed by atoms with E-state index in [2.05, 4.69) is 15.0 Å². The largest absolute Gasteiger partial charge is 0.491 e. The molecular weight excluding hydrogens is 222 g/mol. The third kappa shape index (κ3) is 1.94. The smallest absolute Gasteiger partial charge is 0.179 e. The van der Waals surface area contributed by atoms with E-state index in [9.17, 15) is 0 Å². The number of aromatic amines is 1. The quantitative estimate of drug-likeness (QED) is 0.810. The first-order valence-corrected chi connectivity index (χ1v) is 5.18. The van der Waals surface area contributed by atoms with Crippen LogP contribution in [-0.4, -0.2) is 22.1 Å². The molecule has 0 aliphatic carbocycles. The van der Waals surface area contributed by atoms with E-state index in [0.29, 0.717) is 10.4 Å². The van der Waals surface area contributed by atoms with E-state index in [0.717, 1.165) is 17.0 Å². The van der Waals surface area contributed by atoms with Crippen molar-refractivity contribution in [2.75, 3.05) is 7.11 Å². The van der Waals surface area contributed by atoms with Gasteiger partial charge in [-0.3, -0.25) is 4.98 Å². The summed E-state index contributed by atoms with van der Waals surface area (Å²) in [7, 11) is 1.58. The SMILES string of the molecule is COc1c(-c2ccnc(C)c2)[nH]cnc1=S. The predicted molar refractivity (Wildman–Crippen MR) is 63.9 cm³/mol. The third-order valence-corrected chi connectivity index (χ3v) is 2.49. The lowest BCUT2D eigenvalue weighted by Gasteiger charge is -2.08. The molecule has 5 heteroatoms. The Bertz CT molecular complexity index is 565. The highest BCUT2D eigenvalue weighted by molar-refractivity contribution is 7.71. The average molecular weight is 233 g/mol. The zero-order chi connectivity index (χ0) is 11.5. The van der Waals surface area contributed by atoms with Gasteiger partial charge in [0, 0.05) is 17.5 Å². The molecule has 0 saturated heterocycles. The highest BCUT2D eigenvalue weighted by Crippen LogP contribution is 2.27. The molecule has 0 fully saturated rings. The normalized spacial score (nSPS) is 10.1. The molecule has 2 aromatic rings. The summed E-state index contributed by atoms with van der Waals surface area (Å²) < 4.78 is 5.70. The maximum Gasteiger partial charge on any atom is 0.179 e. The second-order valence-electron chi connectivity index (χ2n) is 3.30. The first kappa shape index (κ1) is 10.8. The fourth-order valence-corrected chi connectivity index (χ4v) is 1.73. The van der Waals surface area contributed by atoms with Crippen molar-refractivity contribution in [1.29, 1.82) is 0 Å². The molecule has 0 saturated carbocycles. The summed E-state index contributed by atoms with van der Waals surface area (Å²) in [6, 6.07) is 3.86. The van der Waals surface area contributed by atoms with Crippen LogP contribution >= 0.6 is 12.2 Å². The van der Waals surface area contributed by atoms with Crippen molar-refractivity contribution in [3.63, 3.8) is 0 Å². The Labute approximate surface area is 98.3 Å². The highest BCUT2D eigenvalue weighted by Gasteiger charge is 2.08. The Morgan fingerprint density at radius 3 is 2.88 bits per heavy atom. The standard InChI is InChI=1S/C11H11N3OS/c1-7-5-8(3-4-12-7)9-10(15-2)11(16)14-6-13-9/h3-6H,1-2H3,(H,13,14,16). The first-order valence-electron chi connectivity index (χ1n) is 4.77. The molecule has 0 aromatic carbocycles. The molecule has 2 aromatic heterocycles. The van der Waals surface area contributed by atoms with E-state index in [1.807, 2.05) is 19.1 Å². The van der Waals surface area contributed by atoms with Gasteiger partial charge >= 0.3 is 0 Å². The number of rotatable bonds is 2. The van der Waals surface area contributed by atoms with Gasteiger partial charge in [0.15, 0.2) is 10.4 Å². The second-order valence-corrected chi connectivity index (χ2v) is 3.69. The van der Waals surface area contributed by atoms with Crippen molar-refractivity contribution >= 4 is 12.2 Å². The zero-order valence-corrected chi connectivity index (χ0v) is 9.84. The van der Waals surface area contributed by atoms with Gasteiger partial charge in [-0.1, -0.05) is 12.2 Å². The zero-order valence-electron chi connectivity index (χ0n) is 9.02. The van der Waals surface area contributed by atoms with Crippen LogP contribution < -0.4 is 4.74 Å². The molecule has 1 N–H and O–H groups in total. The number of aryl methyl sites for hydroxylation is 1. The van der Waals surface area contributed by atoms with Crippen molar-refractivity contribution in [2.24, 2.45) is 0 Å². The van der Waals surface area contributed by atoms with Gasteiger partial charge in [-0.2, -0.15) is 0 Å². The van der Waals surface area contributed by atoms with Gasteiger partial charge in [-0.25, -0.2) is 4.98 Å². The van der Waals surface area contributed by atoms with Crippen molar-refractivity contribution in [2.45, 2.75) is 6.92 Å². The molecule has 2 heterocycles. The number of pyridine rings is 1. The van der Waals surface area contributed by atoms with Crippen LogP contribution in [0.4, 0.5) is 0 Å². The molecule has 0 aliphatic heterocycles. The van der Waals surface area contributed by atoms with Crippen LogP contribution in [0.3, 0.4) is 0 Å². The number of hydrogen-bond acceptors (Lipinski definition) is 4. The number of nitrogens with one attached hydrogen (secondary N) is 1. The molecular formula is C11H11N3OS. The van der Waals surface area contributed by atoms with Gasteiger partial charge < -0.3 is 9.72 Å². The van der Waals surface area contributed by atoms with Crippen LogP contribution in [0, 0.1) is 11.6 Å². The average Bonchev–Trinajstić information content (AvgIpc) is 2.28. The Hall–Kier alpha value is -1.75. The van der Waals surface area contributed by atoms with Gasteiger partial charge in [-0.15, -0.1) is 0 Å². The molecule has 16 heavy (non-hydrogen) atoms. The number of hydrogen-bond donors (Lipinski definition) is 1. The van der Waals surface area contributed by atoms with Gasteiger partial charge in [0.1, 0.15) is 0 Å². The molecule has 0 atom stereocenters. The number of methoxy groups -OCH3 is 1. The first-order chi connectivity index (χ1) is 7.72. The molecule has 0 amide bonds. The summed E-state index contributed by atoms with van der Waals surface area (Å²) in [5, 5.41) is 0. The van der Waals surface area contributed by atoms with Gasteiger partial charge in [-0.05, 0) is 19.1 Å². The van der Waals surface area contributed by atoms with Crippen LogP contribution in [-0.2, 0) is 0 Å². The van der Waals surface area contributed by atoms with Crippen LogP contribution in [0.25, 0.3) is 11.3 Å². The summed E-state index contributed by atoms with van der Waals surface area (Å²) in [6.07, 6.45) is 3.32. The minimum atomic E-state index is 0.450. The maximum absolute atomic E-state index is 5.25. The number of nitrogens with zero attached hydrogens (tertiary/aromatic N) is 2. The lowest BCUT2D eigenvalue weighted by molar-refractivity contribution is 0.411. The Kier molecular flexibility index (Phi) is 2.96. The number of ether oxygens (including phenoxy) is 1. The summed E-state index contributed by atoms with van der Waals surface area (Å²) >= 11 is 5.10. The highest BCUT2D eigenvalue weighted by atomic mass is 32.1. The van der Waals surface area contributed by atoms with E-state index in [4.69, 9.17) is 17.0 Å². The summed E-state index contributed by atoms with van der Waals surface area (Å²) in [6.45, 7) is 1.94. The molecule has 0 unspecified atom stereocenters. The molecule has 2 rings (SSSR count). The lowest BCUT2D eigenvalue weighted by atomic mass is 10.1. The monoisotopic (exact) mass is 233 g/mol. The number of aromatic nitrogens is 3. The van der Waals surface area contributed by atoms with Crippen LogP contribution in [0.15, 0.2) is 24.7 Å². The van der Waals surface area contributed by atoms with Gasteiger partial charge in [0.05, 0.1) is 19.1 Å². The molecule has 0 spiro atoms. The Morgan fingerprint density at radius 1 is 1.38 bits per heavy atom. The number of H-pyrrole nitrogens is 1. The molecule has 0 radical (unpaired) electrons. The Balaban J connectivity index is 2.64. The van der Waals surface area contributed by atoms with Crippen LogP contribution in [0.2, 0.25) is 0 Å². The summed E-state index contributed by atoms with van der Waals surface area (Å²) in [5.41, 5.74) is 2.75. The Morgan fingerprint density at radius 2 is 2.19 bits per heavy atom. The summed E-state index contributed by atoms with van der Waals surface area (Å²) in [5.74, 6) is 0.586. The van der Waals surface area contributed by atoms with E-state index in [-0.39, 0.29) is 0 Å². The van der Waals surface area contributed by atoms with Gasteiger partial charge in [0.2, 0.25) is 0 Å². The predicted octanol–water partition coefficient (Wildman–Crippen LogP) is 2.52. The van der Waals surface area contributed by atoms with Crippen molar-refractivity contribution in [1.82, 2.24) is 15.0 Å². The van der Waals surface area contributed by atoms with Crippen LogP contribution in [0.1, 0.15) is 5.69 Å². The van der Waals surface area contributed by atoms with Crippen molar-refractivity contribution < 1.29 is 4.74 Å². The molecule has 4 nitrogen and oxygen atoms in total. The van der Waals surface area contributed by atoms with Crippen molar-refractivity contribution in [3.05, 3.63) is 35.0 Å². The van der Waals surface area contributed by atoms with E-state index in [1.54, 1.807) is 19.6 Å².